The van der Waals surface area contributed by atoms with Gasteiger partial charge >= 0.3 is 0 Å². The van der Waals surface area contributed by atoms with Crippen LogP contribution in [0.2, 0.25) is 0 Å². The van der Waals surface area contributed by atoms with Crippen molar-refractivity contribution in [1.82, 2.24) is 15.0 Å². The van der Waals surface area contributed by atoms with E-state index >= 15 is 0 Å². The molecular formula is C11H16FN3O2S. The molecule has 0 bridgehead atoms. The van der Waals surface area contributed by atoms with Crippen molar-refractivity contribution < 1.29 is 12.8 Å². The lowest BCUT2D eigenvalue weighted by molar-refractivity contribution is 0.526. The first-order valence-corrected chi connectivity index (χ1v) is 7.41. The van der Waals surface area contributed by atoms with Gasteiger partial charge in [-0.1, -0.05) is 0 Å². The molecule has 7 heteroatoms. The monoisotopic (exact) mass is 273 g/mol. The molecule has 100 valence electrons. The molecule has 1 atom stereocenters. The normalized spacial score (nSPS) is 20.2. The summed E-state index contributed by atoms with van der Waals surface area (Å²) in [5.74, 6) is -0.830. The molecule has 0 saturated carbocycles. The fourth-order valence-corrected chi connectivity index (χ4v) is 3.06. The Morgan fingerprint density at radius 2 is 2.39 bits per heavy atom. The zero-order valence-electron chi connectivity index (χ0n) is 9.89. The number of rotatable bonds is 5. The molecule has 0 amide bonds. The van der Waals surface area contributed by atoms with Crippen molar-refractivity contribution in [3.05, 3.63) is 24.1 Å². The van der Waals surface area contributed by atoms with Gasteiger partial charge in [0.1, 0.15) is 0 Å². The van der Waals surface area contributed by atoms with E-state index in [1.807, 2.05) is 0 Å². The Morgan fingerprint density at radius 1 is 1.56 bits per heavy atom. The maximum Gasteiger partial charge on any atom is 0.261 e. The molecule has 1 aliphatic rings. The number of aromatic nitrogens is 1. The topological polar surface area (TPSA) is 71.1 Å². The van der Waals surface area contributed by atoms with Gasteiger partial charge in [0.25, 0.3) is 10.0 Å². The molecule has 2 N–H and O–H groups in total. The average molecular weight is 273 g/mol. The summed E-state index contributed by atoms with van der Waals surface area (Å²) in [6, 6.07) is 2.79. The zero-order chi connectivity index (χ0) is 13.0. The Labute approximate surface area is 106 Å². The van der Waals surface area contributed by atoms with Crippen molar-refractivity contribution in [3.8, 4) is 0 Å². The summed E-state index contributed by atoms with van der Waals surface area (Å²) in [5.41, 5.74) is 0. The Morgan fingerprint density at radius 3 is 3.06 bits per heavy atom. The molecule has 0 unspecified atom stereocenters. The first-order valence-electron chi connectivity index (χ1n) is 5.93. The Balaban J connectivity index is 1.93. The number of pyridine rings is 1. The minimum atomic E-state index is -3.85. The van der Waals surface area contributed by atoms with Gasteiger partial charge < -0.3 is 5.32 Å². The molecule has 1 fully saturated rings. The quantitative estimate of drug-likeness (QED) is 0.826. The van der Waals surface area contributed by atoms with Crippen molar-refractivity contribution in [2.45, 2.75) is 30.3 Å². The van der Waals surface area contributed by atoms with E-state index in [1.165, 1.54) is 12.3 Å². The summed E-state index contributed by atoms with van der Waals surface area (Å²) in [4.78, 5) is 3.56. The lowest BCUT2D eigenvalue weighted by Crippen LogP contribution is -2.31. The van der Waals surface area contributed by atoms with E-state index in [9.17, 15) is 12.8 Å². The highest BCUT2D eigenvalue weighted by Gasteiger charge is 2.21. The molecule has 18 heavy (non-hydrogen) atoms. The molecule has 2 rings (SSSR count). The first-order chi connectivity index (χ1) is 8.59. The predicted molar refractivity (Wildman–Crippen MR) is 65.0 cm³/mol. The fourth-order valence-electron chi connectivity index (χ4n) is 2.01. The molecule has 0 aromatic carbocycles. The number of hydrogen-bond acceptors (Lipinski definition) is 4. The fraction of sp³-hybridized carbons (Fsp3) is 0.545. The standard InChI is InChI=1S/C11H16FN3O2S/c12-10-4-2-7-14-11(10)18(16,17)15-8-5-9-3-1-6-13-9/h2,4,7,9,13,15H,1,3,5-6,8H2/t9-/m0/s1. The minimum absolute atomic E-state index is 0.288. The van der Waals surface area contributed by atoms with Crippen LogP contribution in [0.1, 0.15) is 19.3 Å². The van der Waals surface area contributed by atoms with E-state index < -0.39 is 20.9 Å². The zero-order valence-corrected chi connectivity index (χ0v) is 10.7. The van der Waals surface area contributed by atoms with Crippen molar-refractivity contribution in [3.63, 3.8) is 0 Å². The second kappa shape index (κ2) is 5.73. The summed E-state index contributed by atoms with van der Waals surface area (Å²) < 4.78 is 39.3. The van der Waals surface area contributed by atoms with Crippen molar-refractivity contribution in [2.24, 2.45) is 0 Å². The van der Waals surface area contributed by atoms with Crippen LogP contribution in [0.4, 0.5) is 4.39 Å². The summed E-state index contributed by atoms with van der Waals surface area (Å²) in [6.07, 6.45) is 4.13. The molecular weight excluding hydrogens is 257 g/mol. The molecule has 1 aliphatic heterocycles. The number of hydrogen-bond donors (Lipinski definition) is 2. The summed E-state index contributed by atoms with van der Waals surface area (Å²) in [6.45, 7) is 1.27. The smallest absolute Gasteiger partial charge is 0.261 e. The number of nitrogens with zero attached hydrogens (tertiary/aromatic N) is 1. The highest BCUT2D eigenvalue weighted by Crippen LogP contribution is 2.11. The van der Waals surface area contributed by atoms with Gasteiger partial charge in [-0.3, -0.25) is 0 Å². The second-order valence-corrected chi connectivity index (χ2v) is 5.95. The maximum absolute atomic E-state index is 13.3. The number of sulfonamides is 1. The van der Waals surface area contributed by atoms with Gasteiger partial charge in [0.2, 0.25) is 5.03 Å². The van der Waals surface area contributed by atoms with E-state index in [0.717, 1.165) is 25.5 Å². The Hall–Kier alpha value is -1.05. The maximum atomic E-state index is 13.3. The summed E-state index contributed by atoms with van der Waals surface area (Å²) >= 11 is 0. The van der Waals surface area contributed by atoms with Crippen LogP contribution >= 0.6 is 0 Å². The SMILES string of the molecule is O=S(=O)(NCC[C@@H]1CCCN1)c1ncccc1F. The summed E-state index contributed by atoms with van der Waals surface area (Å²) in [7, 11) is -3.85. The molecule has 1 aromatic heterocycles. The van der Waals surface area contributed by atoms with Gasteiger partial charge in [0.15, 0.2) is 5.82 Å². The second-order valence-electron chi connectivity index (χ2n) is 4.27. The molecule has 1 saturated heterocycles. The van der Waals surface area contributed by atoms with E-state index in [2.05, 4.69) is 15.0 Å². The third-order valence-electron chi connectivity index (χ3n) is 2.93. The van der Waals surface area contributed by atoms with Crippen LogP contribution in [-0.2, 0) is 10.0 Å². The summed E-state index contributed by atoms with van der Waals surface area (Å²) in [5, 5.41) is 2.73. The van der Waals surface area contributed by atoms with E-state index in [1.54, 1.807) is 0 Å². The molecule has 0 spiro atoms. The predicted octanol–water partition coefficient (Wildman–Crippen LogP) is 0.641. The average Bonchev–Trinajstić information content (AvgIpc) is 2.82. The third kappa shape index (κ3) is 3.24. The number of halogens is 1. The van der Waals surface area contributed by atoms with Gasteiger partial charge in [0, 0.05) is 18.8 Å². The van der Waals surface area contributed by atoms with Gasteiger partial charge in [-0.05, 0) is 37.9 Å². The molecule has 2 heterocycles. The van der Waals surface area contributed by atoms with Crippen LogP contribution in [0, 0.1) is 5.82 Å². The first kappa shape index (κ1) is 13.4. The van der Waals surface area contributed by atoms with Crippen LogP contribution in [0.15, 0.2) is 23.4 Å². The minimum Gasteiger partial charge on any atom is -0.314 e. The van der Waals surface area contributed by atoms with Gasteiger partial charge in [-0.2, -0.15) is 0 Å². The molecule has 5 nitrogen and oxygen atoms in total. The van der Waals surface area contributed by atoms with Gasteiger partial charge in [0.05, 0.1) is 0 Å². The van der Waals surface area contributed by atoms with Crippen LogP contribution in [0.5, 0.6) is 0 Å². The van der Waals surface area contributed by atoms with Gasteiger partial charge in [-0.25, -0.2) is 22.5 Å². The van der Waals surface area contributed by atoms with Crippen molar-refractivity contribution in [1.29, 1.82) is 0 Å². The third-order valence-corrected chi connectivity index (χ3v) is 4.32. The van der Waals surface area contributed by atoms with E-state index in [-0.39, 0.29) is 6.54 Å². The van der Waals surface area contributed by atoms with Crippen molar-refractivity contribution in [2.75, 3.05) is 13.1 Å². The van der Waals surface area contributed by atoms with Crippen LogP contribution in [-0.4, -0.2) is 32.5 Å². The van der Waals surface area contributed by atoms with Crippen molar-refractivity contribution >= 4 is 10.0 Å². The van der Waals surface area contributed by atoms with E-state index in [4.69, 9.17) is 0 Å². The Kier molecular flexibility index (Phi) is 4.26. The highest BCUT2D eigenvalue weighted by atomic mass is 32.2. The van der Waals surface area contributed by atoms with E-state index in [0.29, 0.717) is 12.5 Å². The molecule has 1 aromatic rings. The van der Waals surface area contributed by atoms with Crippen LogP contribution in [0.25, 0.3) is 0 Å². The highest BCUT2D eigenvalue weighted by molar-refractivity contribution is 7.89. The largest absolute Gasteiger partial charge is 0.314 e. The van der Waals surface area contributed by atoms with Gasteiger partial charge in [-0.15, -0.1) is 0 Å². The van der Waals surface area contributed by atoms with Crippen LogP contribution in [0.3, 0.4) is 0 Å². The van der Waals surface area contributed by atoms with Crippen LogP contribution < -0.4 is 10.0 Å². The molecule has 0 radical (unpaired) electrons. The lowest BCUT2D eigenvalue weighted by atomic mass is 10.2. The number of nitrogens with one attached hydrogen (secondary N) is 2. The lowest BCUT2D eigenvalue weighted by Gasteiger charge is -2.11. The Bertz CT molecular complexity index is 501. The molecule has 0 aliphatic carbocycles.